The van der Waals surface area contributed by atoms with Gasteiger partial charge in [-0.25, -0.2) is 13.2 Å². The van der Waals surface area contributed by atoms with Crippen molar-refractivity contribution in [3.63, 3.8) is 0 Å². The molecule has 0 saturated carbocycles. The van der Waals surface area contributed by atoms with Crippen molar-refractivity contribution in [1.29, 1.82) is 0 Å². The number of ether oxygens (including phenoxy) is 1. The number of rotatable bonds is 2. The number of carbonyl (C=O) groups excluding carboxylic acids is 2. The van der Waals surface area contributed by atoms with Gasteiger partial charge in [0.15, 0.2) is 9.84 Å². The van der Waals surface area contributed by atoms with E-state index in [2.05, 4.69) is 0 Å². The topological polar surface area (TPSA) is 84.0 Å². The normalized spacial score (nSPS) is 20.0. The maximum absolute atomic E-state index is 12.8. The van der Waals surface area contributed by atoms with Crippen LogP contribution >= 0.6 is 11.6 Å². The minimum absolute atomic E-state index is 0.0556. The summed E-state index contributed by atoms with van der Waals surface area (Å²) in [5, 5.41) is 0.213. The van der Waals surface area contributed by atoms with Gasteiger partial charge in [0, 0.05) is 39.2 Å². The number of amides is 2. The molecule has 0 N–H and O–H groups in total. The fraction of sp³-hybridized carbons (Fsp3) is 0.500. The molecule has 2 fully saturated rings. The molecule has 2 saturated heterocycles. The molecule has 2 aliphatic rings. The minimum Gasteiger partial charge on any atom is -0.441 e. The predicted molar refractivity (Wildman–Crippen MR) is 91.5 cm³/mol. The van der Waals surface area contributed by atoms with E-state index in [1.54, 1.807) is 11.9 Å². The van der Waals surface area contributed by atoms with E-state index in [0.717, 1.165) is 6.26 Å². The zero-order valence-electron chi connectivity index (χ0n) is 14.0. The van der Waals surface area contributed by atoms with E-state index in [1.165, 1.54) is 23.1 Å². The summed E-state index contributed by atoms with van der Waals surface area (Å²) in [7, 11) is -1.74. The third-order valence-corrected chi connectivity index (χ3v) is 6.14. The summed E-state index contributed by atoms with van der Waals surface area (Å²) in [4.78, 5) is 27.6. The van der Waals surface area contributed by atoms with Crippen molar-refractivity contribution in [2.75, 3.05) is 32.9 Å². The molecule has 1 aromatic rings. The lowest BCUT2D eigenvalue weighted by molar-refractivity contribution is 0.00317. The standard InChI is InChI=1S/C16H19ClN2O5S/c1-18-10-16(24-15(18)21)5-7-19(8-6-16)14(20)12-9-11(25(2,22)23)3-4-13(12)17/h3-4,9H,5-8,10H2,1-2H3. The van der Waals surface area contributed by atoms with Gasteiger partial charge in [0.05, 0.1) is 22.0 Å². The molecule has 9 heteroatoms. The van der Waals surface area contributed by atoms with E-state index in [9.17, 15) is 18.0 Å². The number of nitrogens with zero attached hydrogens (tertiary/aromatic N) is 2. The van der Waals surface area contributed by atoms with Gasteiger partial charge in [-0.15, -0.1) is 0 Å². The van der Waals surface area contributed by atoms with Crippen LogP contribution in [-0.4, -0.2) is 68.8 Å². The Bertz CT molecular complexity index is 831. The summed E-state index contributed by atoms with van der Waals surface area (Å²) in [6.07, 6.45) is 1.82. The Hall–Kier alpha value is -1.80. The predicted octanol–water partition coefficient (Wildman–Crippen LogP) is 1.80. The number of benzene rings is 1. The van der Waals surface area contributed by atoms with Crippen LogP contribution in [-0.2, 0) is 14.6 Å². The molecule has 0 aromatic heterocycles. The SMILES string of the molecule is CN1CC2(CCN(C(=O)c3cc(S(C)(=O)=O)ccc3Cl)CC2)OC1=O. The van der Waals surface area contributed by atoms with E-state index >= 15 is 0 Å². The molecule has 0 aliphatic carbocycles. The molecular weight excluding hydrogens is 368 g/mol. The maximum Gasteiger partial charge on any atom is 0.410 e. The molecule has 7 nitrogen and oxygen atoms in total. The number of halogens is 1. The lowest BCUT2D eigenvalue weighted by Gasteiger charge is -2.37. The van der Waals surface area contributed by atoms with Gasteiger partial charge < -0.3 is 14.5 Å². The second-order valence-corrected chi connectivity index (χ2v) is 9.04. The quantitative estimate of drug-likeness (QED) is 0.773. The van der Waals surface area contributed by atoms with E-state index < -0.39 is 15.4 Å². The summed E-state index contributed by atoms with van der Waals surface area (Å²) >= 11 is 6.10. The molecule has 2 aliphatic heterocycles. The zero-order valence-corrected chi connectivity index (χ0v) is 15.6. The molecule has 1 aromatic carbocycles. The molecule has 2 heterocycles. The van der Waals surface area contributed by atoms with E-state index in [0.29, 0.717) is 32.5 Å². The van der Waals surface area contributed by atoms with Crippen LogP contribution in [0.15, 0.2) is 23.1 Å². The second-order valence-electron chi connectivity index (χ2n) is 6.61. The van der Waals surface area contributed by atoms with Crippen molar-refractivity contribution in [2.24, 2.45) is 0 Å². The molecule has 3 rings (SSSR count). The Morgan fingerprint density at radius 1 is 1.28 bits per heavy atom. The van der Waals surface area contributed by atoms with Crippen LogP contribution in [0.1, 0.15) is 23.2 Å². The van der Waals surface area contributed by atoms with Gasteiger partial charge in [0.25, 0.3) is 5.91 Å². The van der Waals surface area contributed by atoms with Gasteiger partial charge in [-0.3, -0.25) is 4.79 Å². The Morgan fingerprint density at radius 2 is 1.92 bits per heavy atom. The van der Waals surface area contributed by atoms with Crippen LogP contribution in [0.2, 0.25) is 5.02 Å². The molecule has 136 valence electrons. The van der Waals surface area contributed by atoms with Crippen molar-refractivity contribution in [3.05, 3.63) is 28.8 Å². The number of likely N-dealkylation sites (N-methyl/N-ethyl adjacent to an activating group) is 1. The van der Waals surface area contributed by atoms with Crippen LogP contribution in [0, 0.1) is 0 Å². The van der Waals surface area contributed by atoms with Gasteiger partial charge in [0.1, 0.15) is 5.60 Å². The Balaban J connectivity index is 1.76. The molecule has 0 radical (unpaired) electrons. The van der Waals surface area contributed by atoms with Gasteiger partial charge in [-0.1, -0.05) is 11.6 Å². The van der Waals surface area contributed by atoms with Crippen LogP contribution in [0.3, 0.4) is 0 Å². The highest BCUT2D eigenvalue weighted by Gasteiger charge is 2.46. The summed E-state index contributed by atoms with van der Waals surface area (Å²) in [5.41, 5.74) is -0.373. The van der Waals surface area contributed by atoms with Crippen molar-refractivity contribution in [2.45, 2.75) is 23.3 Å². The van der Waals surface area contributed by atoms with Gasteiger partial charge in [-0.05, 0) is 18.2 Å². The first-order valence-corrected chi connectivity index (χ1v) is 10.1. The Labute approximate surface area is 151 Å². The van der Waals surface area contributed by atoms with Crippen LogP contribution < -0.4 is 0 Å². The summed E-state index contributed by atoms with van der Waals surface area (Å²) in [6, 6.07) is 4.12. The van der Waals surface area contributed by atoms with Crippen LogP contribution in [0.5, 0.6) is 0 Å². The highest BCUT2D eigenvalue weighted by Crippen LogP contribution is 2.33. The summed E-state index contributed by atoms with van der Waals surface area (Å²) < 4.78 is 28.9. The average Bonchev–Trinajstić information content (AvgIpc) is 2.80. The number of carbonyl (C=O) groups is 2. The third kappa shape index (κ3) is 3.46. The number of hydrogen-bond donors (Lipinski definition) is 0. The molecule has 2 amide bonds. The second kappa shape index (κ2) is 6.17. The van der Waals surface area contributed by atoms with Crippen molar-refractivity contribution in [3.8, 4) is 0 Å². The highest BCUT2D eigenvalue weighted by molar-refractivity contribution is 7.90. The number of sulfone groups is 1. The smallest absolute Gasteiger partial charge is 0.410 e. The minimum atomic E-state index is -3.43. The fourth-order valence-electron chi connectivity index (χ4n) is 3.24. The van der Waals surface area contributed by atoms with Crippen molar-refractivity contribution < 1.29 is 22.7 Å². The first kappa shape index (κ1) is 18.0. The van der Waals surface area contributed by atoms with Crippen LogP contribution in [0.4, 0.5) is 4.79 Å². The molecule has 1 spiro atoms. The van der Waals surface area contributed by atoms with Gasteiger partial charge in [0.2, 0.25) is 0 Å². The monoisotopic (exact) mass is 386 g/mol. The third-order valence-electron chi connectivity index (χ3n) is 4.70. The fourth-order valence-corrected chi connectivity index (χ4v) is 4.08. The molecule has 0 unspecified atom stereocenters. The average molecular weight is 387 g/mol. The van der Waals surface area contributed by atoms with Gasteiger partial charge in [-0.2, -0.15) is 0 Å². The summed E-state index contributed by atoms with van der Waals surface area (Å²) in [6.45, 7) is 1.34. The molecule has 0 atom stereocenters. The first-order chi connectivity index (χ1) is 11.6. The van der Waals surface area contributed by atoms with Gasteiger partial charge >= 0.3 is 6.09 Å². The van der Waals surface area contributed by atoms with E-state index in [-0.39, 0.29) is 27.5 Å². The first-order valence-electron chi connectivity index (χ1n) is 7.84. The summed E-state index contributed by atoms with van der Waals surface area (Å²) in [5.74, 6) is -0.317. The van der Waals surface area contributed by atoms with Crippen LogP contribution in [0.25, 0.3) is 0 Å². The number of hydrogen-bond acceptors (Lipinski definition) is 5. The Kier molecular flexibility index (Phi) is 4.45. The number of likely N-dealkylation sites (tertiary alicyclic amines) is 1. The van der Waals surface area contributed by atoms with E-state index in [4.69, 9.17) is 16.3 Å². The maximum atomic E-state index is 12.8. The molecule has 0 bridgehead atoms. The highest BCUT2D eigenvalue weighted by atomic mass is 35.5. The largest absolute Gasteiger partial charge is 0.441 e. The zero-order chi connectivity index (χ0) is 18.4. The van der Waals surface area contributed by atoms with Crippen molar-refractivity contribution >= 4 is 33.4 Å². The molecule has 25 heavy (non-hydrogen) atoms. The number of piperidine rings is 1. The van der Waals surface area contributed by atoms with Crippen molar-refractivity contribution in [1.82, 2.24) is 9.80 Å². The lowest BCUT2D eigenvalue weighted by atomic mass is 9.91. The molecular formula is C16H19ClN2O5S. The lowest BCUT2D eigenvalue weighted by Crippen LogP contribution is -2.48. The van der Waals surface area contributed by atoms with E-state index in [1.807, 2.05) is 0 Å². The Morgan fingerprint density at radius 3 is 2.44 bits per heavy atom.